The third kappa shape index (κ3) is 4.72. The van der Waals surface area contributed by atoms with Gasteiger partial charge in [0.1, 0.15) is 18.0 Å². The van der Waals surface area contributed by atoms with E-state index in [1.807, 2.05) is 18.2 Å². The third-order valence-electron chi connectivity index (χ3n) is 4.39. The van der Waals surface area contributed by atoms with E-state index in [1.54, 1.807) is 36.4 Å². The minimum absolute atomic E-state index is 0.0343. The Morgan fingerprint density at radius 3 is 2.42 bits per heavy atom. The average molecular weight is 491 g/mol. The summed E-state index contributed by atoms with van der Waals surface area (Å²) in [5, 5.41) is 2.81. The van der Waals surface area contributed by atoms with Gasteiger partial charge in [-0.3, -0.25) is 5.32 Å². The SMILES string of the molecule is O=C(Nc1c(-c2ccc(Br)cc2)oc2nc(C(F)(F)F)ccc12)OCc1ccccc1. The van der Waals surface area contributed by atoms with E-state index in [1.165, 1.54) is 6.07 Å². The van der Waals surface area contributed by atoms with Crippen LogP contribution in [0.15, 0.2) is 75.6 Å². The van der Waals surface area contributed by atoms with Gasteiger partial charge in [0.15, 0.2) is 5.76 Å². The Balaban J connectivity index is 1.69. The maximum atomic E-state index is 13.1. The zero-order chi connectivity index (χ0) is 22.0. The van der Waals surface area contributed by atoms with Gasteiger partial charge in [0.25, 0.3) is 0 Å². The molecule has 0 aliphatic rings. The topological polar surface area (TPSA) is 64.4 Å². The normalized spacial score (nSPS) is 11.5. The van der Waals surface area contributed by atoms with E-state index in [4.69, 9.17) is 9.15 Å². The summed E-state index contributed by atoms with van der Waals surface area (Å²) in [6.45, 7) is 0.0343. The van der Waals surface area contributed by atoms with Gasteiger partial charge >= 0.3 is 12.3 Å². The van der Waals surface area contributed by atoms with Crippen molar-refractivity contribution in [3.05, 3.63) is 82.5 Å². The summed E-state index contributed by atoms with van der Waals surface area (Å²) in [5.74, 6) is 0.172. The molecule has 4 rings (SSSR count). The summed E-state index contributed by atoms with van der Waals surface area (Å²) >= 11 is 3.33. The van der Waals surface area contributed by atoms with E-state index in [9.17, 15) is 18.0 Å². The van der Waals surface area contributed by atoms with Crippen molar-refractivity contribution in [3.8, 4) is 11.3 Å². The van der Waals surface area contributed by atoms with Crippen molar-refractivity contribution in [1.29, 1.82) is 0 Å². The number of nitrogens with one attached hydrogen (secondary N) is 1. The minimum atomic E-state index is -4.62. The van der Waals surface area contributed by atoms with Gasteiger partial charge < -0.3 is 9.15 Å². The number of rotatable bonds is 4. The Morgan fingerprint density at radius 1 is 1.03 bits per heavy atom. The lowest BCUT2D eigenvalue weighted by Gasteiger charge is -2.08. The lowest BCUT2D eigenvalue weighted by Crippen LogP contribution is -2.14. The van der Waals surface area contributed by atoms with Gasteiger partial charge in [-0.2, -0.15) is 13.2 Å². The third-order valence-corrected chi connectivity index (χ3v) is 4.92. The molecular formula is C22H14BrF3N2O3. The fraction of sp³-hybridized carbons (Fsp3) is 0.0909. The number of hydrogen-bond acceptors (Lipinski definition) is 4. The molecule has 9 heteroatoms. The van der Waals surface area contributed by atoms with Crippen molar-refractivity contribution in [3.63, 3.8) is 0 Å². The molecule has 0 saturated carbocycles. The predicted molar refractivity (Wildman–Crippen MR) is 112 cm³/mol. The quantitative estimate of drug-likeness (QED) is 0.333. The largest absolute Gasteiger partial charge is 0.444 e. The second-order valence-corrected chi connectivity index (χ2v) is 7.46. The standard InChI is InChI=1S/C22H14BrF3N2O3/c23-15-8-6-14(7-9-15)19-18(28-21(29)30-12-13-4-2-1-3-5-13)16-10-11-17(22(24,25)26)27-20(16)31-19/h1-11H,12H2,(H,28,29). The van der Waals surface area contributed by atoms with Crippen LogP contribution in [-0.4, -0.2) is 11.1 Å². The molecule has 1 N–H and O–H groups in total. The first-order valence-corrected chi connectivity index (χ1v) is 9.85. The van der Waals surface area contributed by atoms with Crippen LogP contribution in [0.25, 0.3) is 22.4 Å². The Kier molecular flexibility index (Phi) is 5.69. The fourth-order valence-electron chi connectivity index (χ4n) is 2.93. The molecule has 0 saturated heterocycles. The average Bonchev–Trinajstić information content (AvgIpc) is 3.10. The highest BCUT2D eigenvalue weighted by Gasteiger charge is 2.33. The van der Waals surface area contributed by atoms with Crippen molar-refractivity contribution in [1.82, 2.24) is 4.98 Å². The number of nitrogens with zero attached hydrogens (tertiary/aromatic N) is 1. The lowest BCUT2D eigenvalue weighted by atomic mass is 10.1. The Labute approximate surface area is 183 Å². The molecule has 4 aromatic rings. The van der Waals surface area contributed by atoms with Gasteiger partial charge in [0.2, 0.25) is 5.71 Å². The van der Waals surface area contributed by atoms with Crippen molar-refractivity contribution in [2.24, 2.45) is 0 Å². The first-order chi connectivity index (χ1) is 14.8. The van der Waals surface area contributed by atoms with Gasteiger partial charge in [-0.25, -0.2) is 9.78 Å². The van der Waals surface area contributed by atoms with Crippen LogP contribution in [0.2, 0.25) is 0 Å². The van der Waals surface area contributed by atoms with Gasteiger partial charge in [0.05, 0.1) is 5.39 Å². The summed E-state index contributed by atoms with van der Waals surface area (Å²) in [7, 11) is 0. The van der Waals surface area contributed by atoms with Gasteiger partial charge in [-0.1, -0.05) is 58.4 Å². The number of furan rings is 1. The number of aromatic nitrogens is 1. The van der Waals surface area contributed by atoms with E-state index >= 15 is 0 Å². The van der Waals surface area contributed by atoms with Crippen LogP contribution in [0.3, 0.4) is 0 Å². The van der Waals surface area contributed by atoms with Crippen LogP contribution in [0.5, 0.6) is 0 Å². The monoisotopic (exact) mass is 490 g/mol. The molecule has 0 spiro atoms. The van der Waals surface area contributed by atoms with Crippen molar-refractivity contribution < 1.29 is 27.1 Å². The van der Waals surface area contributed by atoms with Crippen LogP contribution in [0.4, 0.5) is 23.7 Å². The number of pyridine rings is 1. The highest BCUT2D eigenvalue weighted by Crippen LogP contribution is 2.39. The number of carbonyl (C=O) groups excluding carboxylic acids is 1. The highest BCUT2D eigenvalue weighted by molar-refractivity contribution is 9.10. The second-order valence-electron chi connectivity index (χ2n) is 6.55. The van der Waals surface area contributed by atoms with E-state index < -0.39 is 18.0 Å². The summed E-state index contributed by atoms with van der Waals surface area (Å²) < 4.78 is 50.9. The molecule has 0 atom stereocenters. The van der Waals surface area contributed by atoms with E-state index in [-0.39, 0.29) is 29.2 Å². The lowest BCUT2D eigenvalue weighted by molar-refractivity contribution is -0.141. The number of benzene rings is 2. The second kappa shape index (κ2) is 8.43. The van der Waals surface area contributed by atoms with Crippen LogP contribution in [0, 0.1) is 0 Å². The first kappa shape index (κ1) is 20.9. The molecule has 2 aromatic carbocycles. The number of halogens is 4. The number of carbonyl (C=O) groups is 1. The van der Waals surface area contributed by atoms with Crippen molar-refractivity contribution >= 4 is 38.8 Å². The number of alkyl halides is 3. The molecule has 0 aliphatic heterocycles. The molecule has 2 aromatic heterocycles. The molecule has 158 valence electrons. The summed E-state index contributed by atoms with van der Waals surface area (Å²) in [6, 6.07) is 18.0. The smallest absolute Gasteiger partial charge is 0.433 e. The zero-order valence-electron chi connectivity index (χ0n) is 15.7. The molecule has 2 heterocycles. The van der Waals surface area contributed by atoms with Gasteiger partial charge in [-0.05, 0) is 29.8 Å². The molecule has 31 heavy (non-hydrogen) atoms. The predicted octanol–water partition coefficient (Wildman–Crippen LogP) is 7.02. The minimum Gasteiger partial charge on any atom is -0.444 e. The molecule has 0 radical (unpaired) electrons. The molecular weight excluding hydrogens is 477 g/mol. The van der Waals surface area contributed by atoms with Crippen molar-refractivity contribution in [2.75, 3.05) is 5.32 Å². The summed E-state index contributed by atoms with van der Waals surface area (Å²) in [5.41, 5.74) is 0.185. The molecule has 0 aliphatic carbocycles. The van der Waals surface area contributed by atoms with Crippen LogP contribution < -0.4 is 5.32 Å². The van der Waals surface area contributed by atoms with Gasteiger partial charge in [0, 0.05) is 10.0 Å². The Bertz CT molecular complexity index is 1220. The Morgan fingerprint density at radius 2 is 1.74 bits per heavy atom. The summed E-state index contributed by atoms with van der Waals surface area (Å²) in [4.78, 5) is 16.0. The molecule has 0 bridgehead atoms. The van der Waals surface area contributed by atoms with Gasteiger partial charge in [-0.15, -0.1) is 0 Å². The highest BCUT2D eigenvalue weighted by atomic mass is 79.9. The fourth-order valence-corrected chi connectivity index (χ4v) is 3.19. The number of ether oxygens (including phenoxy) is 1. The van der Waals surface area contributed by atoms with Crippen LogP contribution in [-0.2, 0) is 17.5 Å². The molecule has 1 amide bonds. The summed E-state index contributed by atoms with van der Waals surface area (Å²) in [6.07, 6.45) is -5.40. The Hall–Kier alpha value is -3.33. The maximum absolute atomic E-state index is 13.1. The van der Waals surface area contributed by atoms with E-state index in [0.717, 1.165) is 16.1 Å². The molecule has 0 unspecified atom stereocenters. The number of anilines is 1. The van der Waals surface area contributed by atoms with E-state index in [2.05, 4.69) is 26.2 Å². The number of amides is 1. The zero-order valence-corrected chi connectivity index (χ0v) is 17.3. The maximum Gasteiger partial charge on any atom is 0.433 e. The molecule has 0 fully saturated rings. The van der Waals surface area contributed by atoms with Crippen LogP contribution in [0.1, 0.15) is 11.3 Å². The van der Waals surface area contributed by atoms with Crippen molar-refractivity contribution in [2.45, 2.75) is 12.8 Å². The molecule has 5 nitrogen and oxygen atoms in total. The number of fused-ring (bicyclic) bond motifs is 1. The first-order valence-electron chi connectivity index (χ1n) is 9.05. The van der Waals surface area contributed by atoms with E-state index in [0.29, 0.717) is 5.56 Å². The van der Waals surface area contributed by atoms with Crippen LogP contribution >= 0.6 is 15.9 Å². The number of hydrogen-bond donors (Lipinski definition) is 1.